The Morgan fingerprint density at radius 2 is 1.56 bits per heavy atom. The summed E-state index contributed by atoms with van der Waals surface area (Å²) < 4.78 is 0. The van der Waals surface area contributed by atoms with Crippen LogP contribution in [-0.2, 0) is 14.4 Å². The van der Waals surface area contributed by atoms with Crippen molar-refractivity contribution in [2.45, 2.75) is 26.7 Å². The van der Waals surface area contributed by atoms with Gasteiger partial charge < -0.3 is 15.5 Å². The quantitative estimate of drug-likeness (QED) is 0.784. The van der Waals surface area contributed by atoms with Gasteiger partial charge in [-0.3, -0.25) is 19.3 Å². The Balaban J connectivity index is 1.82. The van der Waals surface area contributed by atoms with E-state index < -0.39 is 0 Å². The molecule has 25 heavy (non-hydrogen) atoms. The summed E-state index contributed by atoms with van der Waals surface area (Å²) in [6.45, 7) is 6.10. The second-order valence-corrected chi connectivity index (χ2v) is 6.20. The van der Waals surface area contributed by atoms with Gasteiger partial charge in [0.1, 0.15) is 0 Å². The second kappa shape index (κ2) is 9.17. The van der Waals surface area contributed by atoms with Gasteiger partial charge >= 0.3 is 0 Å². The minimum absolute atomic E-state index is 0.0896. The summed E-state index contributed by atoms with van der Waals surface area (Å²) in [5.41, 5.74) is 1.33. The monoisotopic (exact) mass is 346 g/mol. The molecule has 0 bridgehead atoms. The van der Waals surface area contributed by atoms with Crippen molar-refractivity contribution >= 4 is 29.1 Å². The fourth-order valence-corrected chi connectivity index (χ4v) is 2.78. The molecule has 0 aromatic heterocycles. The van der Waals surface area contributed by atoms with E-state index in [9.17, 15) is 14.4 Å². The number of likely N-dealkylation sites (tertiary alicyclic amines) is 1. The van der Waals surface area contributed by atoms with Gasteiger partial charge in [-0.25, -0.2) is 0 Å². The molecule has 0 saturated carbocycles. The van der Waals surface area contributed by atoms with Crippen LogP contribution in [0.15, 0.2) is 24.3 Å². The van der Waals surface area contributed by atoms with Crippen LogP contribution >= 0.6 is 0 Å². The first-order chi connectivity index (χ1) is 12.0. The highest BCUT2D eigenvalue weighted by atomic mass is 16.2. The van der Waals surface area contributed by atoms with E-state index in [0.717, 1.165) is 25.9 Å². The predicted octanol–water partition coefficient (Wildman–Crippen LogP) is 1.53. The first kappa shape index (κ1) is 18.9. The first-order valence-electron chi connectivity index (χ1n) is 8.65. The van der Waals surface area contributed by atoms with Gasteiger partial charge in [-0.1, -0.05) is 6.92 Å². The lowest BCUT2D eigenvalue weighted by Crippen LogP contribution is -2.42. The standard InChI is InChI=1S/C18H26N4O3/c1-3-21(13-18(25)22-10-4-5-11-22)12-17(24)20-16-8-6-15(7-9-16)19-14(2)23/h6-9H,3-5,10-13H2,1-2H3,(H,19,23)(H,20,24). The van der Waals surface area contributed by atoms with E-state index in [1.807, 2.05) is 16.7 Å². The lowest BCUT2D eigenvalue weighted by molar-refractivity contribution is -0.131. The maximum absolute atomic E-state index is 12.2. The summed E-state index contributed by atoms with van der Waals surface area (Å²) in [6.07, 6.45) is 2.12. The SMILES string of the molecule is CCN(CC(=O)Nc1ccc(NC(C)=O)cc1)CC(=O)N1CCCC1. The fourth-order valence-electron chi connectivity index (χ4n) is 2.78. The zero-order chi connectivity index (χ0) is 18.2. The zero-order valence-electron chi connectivity index (χ0n) is 14.9. The summed E-state index contributed by atoms with van der Waals surface area (Å²) >= 11 is 0. The lowest BCUT2D eigenvalue weighted by Gasteiger charge is -2.23. The lowest BCUT2D eigenvalue weighted by atomic mass is 10.2. The smallest absolute Gasteiger partial charge is 0.238 e. The van der Waals surface area contributed by atoms with Gasteiger partial charge in [0.05, 0.1) is 13.1 Å². The van der Waals surface area contributed by atoms with Gasteiger partial charge in [0, 0.05) is 31.4 Å². The Hall–Kier alpha value is -2.41. The van der Waals surface area contributed by atoms with E-state index in [1.165, 1.54) is 6.92 Å². The number of carbonyl (C=O) groups is 3. The number of benzene rings is 1. The summed E-state index contributed by atoms with van der Waals surface area (Å²) in [5.74, 6) is -0.215. The molecule has 1 saturated heterocycles. The topological polar surface area (TPSA) is 81.8 Å². The number of amides is 3. The van der Waals surface area contributed by atoms with Gasteiger partial charge in [-0.15, -0.1) is 0 Å². The number of hydrogen-bond acceptors (Lipinski definition) is 4. The van der Waals surface area contributed by atoms with Crippen molar-refractivity contribution in [2.24, 2.45) is 0 Å². The normalized spacial score (nSPS) is 13.8. The Labute approximate surface area is 148 Å². The molecule has 7 heteroatoms. The molecule has 0 aliphatic carbocycles. The van der Waals surface area contributed by atoms with Crippen LogP contribution in [0.4, 0.5) is 11.4 Å². The highest BCUT2D eigenvalue weighted by Crippen LogP contribution is 2.13. The molecule has 1 aromatic rings. The van der Waals surface area contributed by atoms with Crippen LogP contribution in [0, 0.1) is 0 Å². The fraction of sp³-hybridized carbons (Fsp3) is 0.500. The van der Waals surface area contributed by atoms with Gasteiger partial charge in [-0.05, 0) is 43.7 Å². The number of rotatable bonds is 7. The maximum atomic E-state index is 12.2. The van der Waals surface area contributed by atoms with E-state index >= 15 is 0 Å². The summed E-state index contributed by atoms with van der Waals surface area (Å²) in [7, 11) is 0. The average Bonchev–Trinajstić information content (AvgIpc) is 3.10. The molecule has 1 aliphatic heterocycles. The molecule has 3 amide bonds. The van der Waals surface area contributed by atoms with E-state index in [-0.39, 0.29) is 30.8 Å². The largest absolute Gasteiger partial charge is 0.342 e. The Kier molecular flexibility index (Phi) is 6.94. The Bertz CT molecular complexity index is 609. The summed E-state index contributed by atoms with van der Waals surface area (Å²) in [6, 6.07) is 6.92. The third-order valence-corrected chi connectivity index (χ3v) is 4.12. The van der Waals surface area contributed by atoms with Crippen LogP contribution < -0.4 is 10.6 Å². The third-order valence-electron chi connectivity index (χ3n) is 4.12. The van der Waals surface area contributed by atoms with Crippen LogP contribution in [0.2, 0.25) is 0 Å². The molecule has 1 aromatic carbocycles. The number of likely N-dealkylation sites (N-methyl/N-ethyl adjacent to an activating group) is 1. The molecule has 2 N–H and O–H groups in total. The molecule has 0 unspecified atom stereocenters. The van der Waals surface area contributed by atoms with Crippen LogP contribution in [0.3, 0.4) is 0 Å². The van der Waals surface area contributed by atoms with Crippen molar-refractivity contribution in [3.8, 4) is 0 Å². The van der Waals surface area contributed by atoms with Crippen molar-refractivity contribution in [3.05, 3.63) is 24.3 Å². The van der Waals surface area contributed by atoms with Gasteiger partial charge in [0.15, 0.2) is 0 Å². The molecule has 0 atom stereocenters. The van der Waals surface area contributed by atoms with Crippen molar-refractivity contribution in [1.29, 1.82) is 0 Å². The molecular weight excluding hydrogens is 320 g/mol. The predicted molar refractivity (Wildman–Crippen MR) is 97.3 cm³/mol. The Morgan fingerprint density at radius 1 is 1.00 bits per heavy atom. The van der Waals surface area contributed by atoms with Crippen molar-refractivity contribution in [3.63, 3.8) is 0 Å². The molecule has 136 valence electrons. The van der Waals surface area contributed by atoms with E-state index in [0.29, 0.717) is 17.9 Å². The van der Waals surface area contributed by atoms with Crippen LogP contribution in [0.1, 0.15) is 26.7 Å². The molecule has 1 aliphatic rings. The molecule has 7 nitrogen and oxygen atoms in total. The van der Waals surface area contributed by atoms with Gasteiger partial charge in [-0.2, -0.15) is 0 Å². The van der Waals surface area contributed by atoms with Gasteiger partial charge in [0.25, 0.3) is 0 Å². The van der Waals surface area contributed by atoms with Crippen LogP contribution in [-0.4, -0.2) is 60.2 Å². The summed E-state index contributed by atoms with van der Waals surface area (Å²) in [5, 5.41) is 5.48. The number of nitrogens with one attached hydrogen (secondary N) is 2. The molecule has 1 fully saturated rings. The molecule has 2 rings (SSSR count). The van der Waals surface area contributed by atoms with Gasteiger partial charge in [0.2, 0.25) is 17.7 Å². The van der Waals surface area contributed by atoms with Crippen LogP contribution in [0.5, 0.6) is 0 Å². The number of hydrogen-bond donors (Lipinski definition) is 2. The average molecular weight is 346 g/mol. The van der Waals surface area contributed by atoms with Crippen molar-refractivity contribution in [2.75, 3.05) is 43.4 Å². The molecular formula is C18H26N4O3. The molecule has 0 radical (unpaired) electrons. The number of nitrogens with zero attached hydrogens (tertiary/aromatic N) is 2. The van der Waals surface area contributed by atoms with E-state index in [1.54, 1.807) is 24.3 Å². The molecule has 1 heterocycles. The number of carbonyl (C=O) groups excluding carboxylic acids is 3. The highest BCUT2D eigenvalue weighted by molar-refractivity contribution is 5.93. The minimum Gasteiger partial charge on any atom is -0.342 e. The van der Waals surface area contributed by atoms with Crippen LogP contribution in [0.25, 0.3) is 0 Å². The minimum atomic E-state index is -0.164. The third kappa shape index (κ3) is 6.19. The van der Waals surface area contributed by atoms with E-state index in [4.69, 9.17) is 0 Å². The Morgan fingerprint density at radius 3 is 2.08 bits per heavy atom. The maximum Gasteiger partial charge on any atom is 0.238 e. The highest BCUT2D eigenvalue weighted by Gasteiger charge is 2.20. The zero-order valence-corrected chi connectivity index (χ0v) is 14.9. The van der Waals surface area contributed by atoms with Crippen molar-refractivity contribution < 1.29 is 14.4 Å². The first-order valence-corrected chi connectivity index (χ1v) is 8.65. The molecule has 0 spiro atoms. The second-order valence-electron chi connectivity index (χ2n) is 6.20. The summed E-state index contributed by atoms with van der Waals surface area (Å²) in [4.78, 5) is 39.1. The number of anilines is 2. The van der Waals surface area contributed by atoms with E-state index in [2.05, 4.69) is 10.6 Å². The van der Waals surface area contributed by atoms with Crippen molar-refractivity contribution in [1.82, 2.24) is 9.80 Å².